The largest absolute Gasteiger partial charge is 0.480 e. The Bertz CT molecular complexity index is 953. The maximum absolute atomic E-state index is 12.8. The SMILES string of the molecule is CC(N)C(=O)NCC(=O)NC(C(=O)NC(Cc1c[nH]c2ccccc12)C(=O)O)C(C)C. The Morgan fingerprint density at radius 2 is 1.74 bits per heavy atom. The zero-order chi connectivity index (χ0) is 23.1. The number of carboxylic acid groups (broad SMARTS) is 1. The van der Waals surface area contributed by atoms with Gasteiger partial charge in [-0.25, -0.2) is 4.79 Å². The second-order valence-electron chi connectivity index (χ2n) is 7.76. The van der Waals surface area contributed by atoms with Gasteiger partial charge in [-0.2, -0.15) is 0 Å². The van der Waals surface area contributed by atoms with Gasteiger partial charge < -0.3 is 31.8 Å². The van der Waals surface area contributed by atoms with Crippen LogP contribution in [-0.2, 0) is 25.6 Å². The Morgan fingerprint density at radius 1 is 1.06 bits per heavy atom. The average Bonchev–Trinajstić information content (AvgIpc) is 3.12. The van der Waals surface area contributed by atoms with Crippen LogP contribution in [-0.4, -0.2) is 58.5 Å². The number of rotatable bonds is 10. The number of nitrogens with one attached hydrogen (secondary N) is 4. The summed E-state index contributed by atoms with van der Waals surface area (Å²) in [6.45, 7) is 4.59. The van der Waals surface area contributed by atoms with Crippen molar-refractivity contribution in [2.45, 2.75) is 45.3 Å². The molecule has 2 aromatic rings. The van der Waals surface area contributed by atoms with Crippen molar-refractivity contribution in [1.82, 2.24) is 20.9 Å². The van der Waals surface area contributed by atoms with Crippen LogP contribution in [0.1, 0.15) is 26.3 Å². The number of amides is 3. The zero-order valence-corrected chi connectivity index (χ0v) is 17.8. The summed E-state index contributed by atoms with van der Waals surface area (Å²) in [5.41, 5.74) is 7.05. The highest BCUT2D eigenvalue weighted by Gasteiger charge is 2.29. The summed E-state index contributed by atoms with van der Waals surface area (Å²) in [4.78, 5) is 51.3. The molecule has 31 heavy (non-hydrogen) atoms. The number of aromatic amines is 1. The van der Waals surface area contributed by atoms with E-state index in [0.717, 1.165) is 16.5 Å². The molecule has 1 aromatic carbocycles. The van der Waals surface area contributed by atoms with Crippen molar-refractivity contribution in [3.8, 4) is 0 Å². The molecule has 0 aliphatic rings. The first kappa shape index (κ1) is 23.9. The lowest BCUT2D eigenvalue weighted by atomic mass is 10.0. The van der Waals surface area contributed by atoms with Crippen LogP contribution in [0.3, 0.4) is 0 Å². The van der Waals surface area contributed by atoms with Crippen LogP contribution in [0.2, 0.25) is 0 Å². The summed E-state index contributed by atoms with van der Waals surface area (Å²) >= 11 is 0. The molecular weight excluding hydrogens is 402 g/mol. The number of para-hydroxylation sites is 1. The molecule has 0 saturated heterocycles. The fourth-order valence-corrected chi connectivity index (χ4v) is 3.07. The summed E-state index contributed by atoms with van der Waals surface area (Å²) in [7, 11) is 0. The fraction of sp³-hybridized carbons (Fsp3) is 0.429. The zero-order valence-electron chi connectivity index (χ0n) is 17.8. The molecule has 0 aliphatic carbocycles. The Hall–Kier alpha value is -3.40. The predicted molar refractivity (Wildman–Crippen MR) is 115 cm³/mol. The van der Waals surface area contributed by atoms with E-state index in [0.29, 0.717) is 0 Å². The molecule has 2 rings (SSSR count). The third-order valence-electron chi connectivity index (χ3n) is 4.82. The average molecular weight is 431 g/mol. The molecule has 10 heteroatoms. The van der Waals surface area contributed by atoms with Gasteiger partial charge >= 0.3 is 5.97 Å². The van der Waals surface area contributed by atoms with Gasteiger partial charge in [0.15, 0.2) is 0 Å². The van der Waals surface area contributed by atoms with Gasteiger partial charge in [-0.1, -0.05) is 32.0 Å². The second kappa shape index (κ2) is 10.6. The van der Waals surface area contributed by atoms with Crippen LogP contribution in [0.25, 0.3) is 10.9 Å². The Kier molecular flexibility index (Phi) is 8.14. The highest BCUT2D eigenvalue weighted by molar-refractivity contribution is 5.93. The minimum atomic E-state index is -1.18. The normalized spacial score (nSPS) is 14.0. The van der Waals surface area contributed by atoms with Gasteiger partial charge in [0.25, 0.3) is 0 Å². The number of carboxylic acids is 1. The van der Waals surface area contributed by atoms with Crippen LogP contribution >= 0.6 is 0 Å². The third kappa shape index (κ3) is 6.54. The van der Waals surface area contributed by atoms with E-state index in [1.807, 2.05) is 24.3 Å². The van der Waals surface area contributed by atoms with Gasteiger partial charge in [0.1, 0.15) is 12.1 Å². The van der Waals surface area contributed by atoms with Crippen LogP contribution in [0, 0.1) is 5.92 Å². The molecule has 0 fully saturated rings. The first-order valence-corrected chi connectivity index (χ1v) is 10.0. The molecule has 1 heterocycles. The van der Waals surface area contributed by atoms with Crippen LogP contribution in [0.4, 0.5) is 0 Å². The topological polar surface area (TPSA) is 166 Å². The van der Waals surface area contributed by atoms with Crippen molar-refractivity contribution in [2.75, 3.05) is 6.54 Å². The van der Waals surface area contributed by atoms with E-state index in [1.54, 1.807) is 20.0 Å². The molecule has 3 atom stereocenters. The minimum absolute atomic E-state index is 0.0777. The van der Waals surface area contributed by atoms with Crippen LogP contribution in [0.15, 0.2) is 30.5 Å². The molecule has 0 saturated carbocycles. The Balaban J connectivity index is 2.05. The smallest absolute Gasteiger partial charge is 0.326 e. The number of carbonyl (C=O) groups excluding carboxylic acids is 3. The second-order valence-corrected chi connectivity index (χ2v) is 7.76. The highest BCUT2D eigenvalue weighted by Crippen LogP contribution is 2.19. The van der Waals surface area contributed by atoms with Gasteiger partial charge in [-0.3, -0.25) is 14.4 Å². The number of benzene rings is 1. The van der Waals surface area contributed by atoms with Crippen molar-refractivity contribution in [3.63, 3.8) is 0 Å². The van der Waals surface area contributed by atoms with Crippen LogP contribution in [0.5, 0.6) is 0 Å². The van der Waals surface area contributed by atoms with Crippen molar-refractivity contribution < 1.29 is 24.3 Å². The first-order valence-electron chi connectivity index (χ1n) is 10.0. The lowest BCUT2D eigenvalue weighted by Gasteiger charge is -2.24. The molecule has 3 unspecified atom stereocenters. The number of aliphatic carboxylic acids is 1. The third-order valence-corrected chi connectivity index (χ3v) is 4.82. The van der Waals surface area contributed by atoms with Gasteiger partial charge in [0, 0.05) is 23.5 Å². The number of fused-ring (bicyclic) bond motifs is 1. The van der Waals surface area contributed by atoms with Gasteiger partial charge in [0.2, 0.25) is 17.7 Å². The number of aromatic nitrogens is 1. The van der Waals surface area contributed by atoms with E-state index >= 15 is 0 Å². The van der Waals surface area contributed by atoms with E-state index in [-0.39, 0.29) is 18.9 Å². The van der Waals surface area contributed by atoms with E-state index < -0.39 is 41.8 Å². The molecule has 3 amide bonds. The molecule has 0 radical (unpaired) electrons. The Labute approximate surface area is 179 Å². The number of hydrogen-bond acceptors (Lipinski definition) is 5. The van der Waals surface area contributed by atoms with Gasteiger partial charge in [-0.05, 0) is 24.5 Å². The quantitative estimate of drug-likeness (QED) is 0.307. The summed E-state index contributed by atoms with van der Waals surface area (Å²) < 4.78 is 0. The molecular formula is C21H29N5O5. The van der Waals surface area contributed by atoms with Crippen LogP contribution < -0.4 is 21.7 Å². The van der Waals surface area contributed by atoms with E-state index in [2.05, 4.69) is 20.9 Å². The van der Waals surface area contributed by atoms with E-state index in [9.17, 15) is 24.3 Å². The molecule has 7 N–H and O–H groups in total. The van der Waals surface area contributed by atoms with Gasteiger partial charge in [-0.15, -0.1) is 0 Å². The van der Waals surface area contributed by atoms with Crippen molar-refractivity contribution in [3.05, 3.63) is 36.0 Å². The van der Waals surface area contributed by atoms with Gasteiger partial charge in [0.05, 0.1) is 12.6 Å². The van der Waals surface area contributed by atoms with Crippen molar-refractivity contribution in [1.29, 1.82) is 0 Å². The number of hydrogen-bond donors (Lipinski definition) is 6. The van der Waals surface area contributed by atoms with E-state index in [4.69, 9.17) is 5.73 Å². The molecule has 0 aliphatic heterocycles. The molecule has 168 valence electrons. The summed E-state index contributed by atoms with van der Waals surface area (Å²) in [5.74, 6) is -3.18. The summed E-state index contributed by atoms with van der Waals surface area (Å²) in [6.07, 6.45) is 1.80. The maximum Gasteiger partial charge on any atom is 0.326 e. The van der Waals surface area contributed by atoms with Crippen molar-refractivity contribution >= 4 is 34.6 Å². The maximum atomic E-state index is 12.8. The monoisotopic (exact) mass is 431 g/mol. The van der Waals surface area contributed by atoms with Crippen molar-refractivity contribution in [2.24, 2.45) is 11.7 Å². The number of nitrogens with two attached hydrogens (primary N) is 1. The number of carbonyl (C=O) groups is 4. The molecule has 0 spiro atoms. The predicted octanol–water partition coefficient (Wildman–Crippen LogP) is -0.116. The standard InChI is InChI=1S/C21H29N5O5/c1-11(2)18(26-17(27)10-24-19(28)12(3)22)20(29)25-16(21(30)31)8-13-9-23-15-7-5-4-6-14(13)15/h4-7,9,11-12,16,18,23H,8,10,22H2,1-3H3,(H,24,28)(H,25,29)(H,26,27)(H,30,31). The first-order chi connectivity index (χ1) is 14.6. The fourth-order valence-electron chi connectivity index (χ4n) is 3.07. The minimum Gasteiger partial charge on any atom is -0.480 e. The van der Waals surface area contributed by atoms with E-state index in [1.165, 1.54) is 6.92 Å². The lowest BCUT2D eigenvalue weighted by Crippen LogP contribution is -2.55. The summed E-state index contributed by atoms with van der Waals surface area (Å²) in [6, 6.07) is 4.55. The molecule has 1 aromatic heterocycles. The highest BCUT2D eigenvalue weighted by atomic mass is 16.4. The number of H-pyrrole nitrogens is 1. The lowest BCUT2D eigenvalue weighted by molar-refractivity contribution is -0.142. The summed E-state index contributed by atoms with van der Waals surface area (Å²) in [5, 5.41) is 17.9. The molecule has 0 bridgehead atoms. The Morgan fingerprint density at radius 3 is 2.35 bits per heavy atom. The molecule has 10 nitrogen and oxygen atoms in total.